The molecular weight excluding hydrogens is 579 g/mol. The van der Waals surface area contributed by atoms with Crippen molar-refractivity contribution in [3.8, 4) is 11.5 Å². The number of rotatable bonds is 15. The number of carboxylic acid groups (broad SMARTS) is 2. The lowest BCUT2D eigenvalue weighted by Crippen LogP contribution is -2.11. The molecule has 0 unspecified atom stereocenters. The van der Waals surface area contributed by atoms with E-state index >= 15 is 4.39 Å². The van der Waals surface area contributed by atoms with Crippen LogP contribution in [0.4, 0.5) is 13.2 Å². The molecule has 0 atom stereocenters. The van der Waals surface area contributed by atoms with E-state index in [1.807, 2.05) is 0 Å². The van der Waals surface area contributed by atoms with E-state index in [4.69, 9.17) is 14.6 Å². The minimum Gasteiger partial charge on any atom is -0.494 e. The predicted octanol–water partition coefficient (Wildman–Crippen LogP) is 6.91. The first-order valence-electron chi connectivity index (χ1n) is 13.8. The predicted molar refractivity (Wildman–Crippen MR) is 157 cm³/mol. The van der Waals surface area contributed by atoms with E-state index in [0.29, 0.717) is 30.8 Å². The van der Waals surface area contributed by atoms with Gasteiger partial charge in [-0.05, 0) is 67.3 Å². The topological polar surface area (TPSA) is 115 Å². The molecular formula is C33H30F3NO7. The molecule has 0 radical (unpaired) electrons. The second-order valence-electron chi connectivity index (χ2n) is 9.98. The molecule has 3 aromatic carbocycles. The number of aromatic nitrogens is 1. The number of carbonyl (C=O) groups excluding carboxylic acids is 1. The summed E-state index contributed by atoms with van der Waals surface area (Å²) in [5.41, 5.74) is 1.69. The third-order valence-electron chi connectivity index (χ3n) is 6.90. The van der Waals surface area contributed by atoms with Crippen molar-refractivity contribution in [1.82, 2.24) is 4.57 Å². The van der Waals surface area contributed by atoms with Gasteiger partial charge in [0.15, 0.2) is 17.3 Å². The first-order valence-corrected chi connectivity index (χ1v) is 13.8. The van der Waals surface area contributed by atoms with E-state index in [2.05, 4.69) is 0 Å². The molecule has 0 aliphatic carbocycles. The third-order valence-corrected chi connectivity index (χ3v) is 6.90. The average molecular weight is 610 g/mol. The van der Waals surface area contributed by atoms with Gasteiger partial charge in [0.2, 0.25) is 5.82 Å². The number of benzene rings is 3. The number of unbranched alkanes of at least 4 members (excludes halogenated alkanes) is 1. The van der Waals surface area contributed by atoms with Crippen molar-refractivity contribution in [2.75, 3.05) is 13.2 Å². The highest BCUT2D eigenvalue weighted by Crippen LogP contribution is 2.33. The number of carboxylic acids is 2. The SMILES string of the molecule is Cc1c(C(=O)CCC(=O)O)c2c(F)ccc(C=Cc3ccc(OCCCCOc4cccc(F)c4F)cc3)c2n1CC(=O)O. The van der Waals surface area contributed by atoms with Gasteiger partial charge in [0.1, 0.15) is 18.1 Å². The van der Waals surface area contributed by atoms with Crippen molar-refractivity contribution < 1.29 is 47.2 Å². The van der Waals surface area contributed by atoms with Gasteiger partial charge in [-0.2, -0.15) is 4.39 Å². The summed E-state index contributed by atoms with van der Waals surface area (Å²) in [6.07, 6.45) is 3.84. The Morgan fingerprint density at radius 1 is 0.818 bits per heavy atom. The number of ether oxygens (including phenoxy) is 2. The molecule has 0 bridgehead atoms. The van der Waals surface area contributed by atoms with Gasteiger partial charge in [0, 0.05) is 23.1 Å². The summed E-state index contributed by atoms with van der Waals surface area (Å²) in [6, 6.07) is 13.5. The minimum atomic E-state index is -1.18. The standard InChI is InChI=1S/C33H30F3NO7/c1-20-30(26(38)15-16-28(39)40)31-24(34)14-11-22(33(31)37(20)19-29(41)42)10-7-21-8-12-23(13-9-21)43-17-2-3-18-44-27-6-4-5-25(35)32(27)36/h4-14H,2-3,15-19H2,1H3,(H,39,40)(H,41,42). The Labute approximate surface area is 250 Å². The summed E-state index contributed by atoms with van der Waals surface area (Å²) >= 11 is 0. The molecule has 4 aromatic rings. The van der Waals surface area contributed by atoms with Crippen molar-refractivity contribution in [2.24, 2.45) is 0 Å². The van der Waals surface area contributed by atoms with Gasteiger partial charge in [-0.1, -0.05) is 30.4 Å². The molecule has 2 N–H and O–H groups in total. The Hall–Kier alpha value is -5.06. The lowest BCUT2D eigenvalue weighted by atomic mass is 10.0. The van der Waals surface area contributed by atoms with Crippen LogP contribution in [0.1, 0.15) is 52.9 Å². The number of halogens is 3. The van der Waals surface area contributed by atoms with E-state index in [-0.39, 0.29) is 40.9 Å². The fraction of sp³-hybridized carbons (Fsp3) is 0.242. The summed E-state index contributed by atoms with van der Waals surface area (Å²) in [5, 5.41) is 18.4. The fourth-order valence-electron chi connectivity index (χ4n) is 4.78. The zero-order valence-corrected chi connectivity index (χ0v) is 23.8. The Morgan fingerprint density at radius 2 is 1.52 bits per heavy atom. The van der Waals surface area contributed by atoms with Crippen LogP contribution in [0.2, 0.25) is 0 Å². The number of hydrogen-bond donors (Lipinski definition) is 2. The first-order chi connectivity index (χ1) is 21.1. The summed E-state index contributed by atoms with van der Waals surface area (Å²) in [5.74, 6) is -5.15. The van der Waals surface area contributed by atoms with Gasteiger partial charge < -0.3 is 24.3 Å². The van der Waals surface area contributed by atoms with E-state index < -0.39 is 48.1 Å². The van der Waals surface area contributed by atoms with E-state index in [0.717, 1.165) is 11.6 Å². The zero-order chi connectivity index (χ0) is 31.8. The Bertz CT molecular complexity index is 1710. The number of carbonyl (C=O) groups is 3. The molecule has 1 heterocycles. The number of ketones is 1. The molecule has 1 aromatic heterocycles. The molecule has 0 fully saturated rings. The number of hydrogen-bond acceptors (Lipinski definition) is 5. The van der Waals surface area contributed by atoms with Gasteiger partial charge in [-0.15, -0.1) is 0 Å². The molecule has 0 saturated heterocycles. The van der Waals surface area contributed by atoms with E-state index in [1.54, 1.807) is 36.4 Å². The van der Waals surface area contributed by atoms with Crippen molar-refractivity contribution in [3.05, 3.63) is 94.4 Å². The second kappa shape index (κ2) is 14.4. The van der Waals surface area contributed by atoms with Gasteiger partial charge >= 0.3 is 11.9 Å². The summed E-state index contributed by atoms with van der Waals surface area (Å²) in [7, 11) is 0. The average Bonchev–Trinajstić information content (AvgIpc) is 3.28. The van der Waals surface area contributed by atoms with Crippen LogP contribution in [0.15, 0.2) is 54.6 Å². The van der Waals surface area contributed by atoms with Gasteiger partial charge in [-0.25, -0.2) is 8.78 Å². The largest absolute Gasteiger partial charge is 0.494 e. The number of fused-ring (bicyclic) bond motifs is 1. The molecule has 0 aliphatic rings. The maximum absolute atomic E-state index is 15.1. The minimum absolute atomic E-state index is 0.0237. The van der Waals surface area contributed by atoms with E-state index in [1.165, 1.54) is 35.8 Å². The normalized spacial score (nSPS) is 11.3. The first kappa shape index (κ1) is 31.9. The molecule has 0 amide bonds. The molecule has 8 nitrogen and oxygen atoms in total. The van der Waals surface area contributed by atoms with Gasteiger partial charge in [-0.3, -0.25) is 14.4 Å². The molecule has 11 heteroatoms. The van der Waals surface area contributed by atoms with Crippen LogP contribution in [-0.2, 0) is 16.1 Å². The molecule has 44 heavy (non-hydrogen) atoms. The highest BCUT2D eigenvalue weighted by Gasteiger charge is 2.25. The number of Topliss-reactive ketones (excluding diaryl/α,β-unsaturated/α-hetero) is 1. The molecule has 0 spiro atoms. The zero-order valence-electron chi connectivity index (χ0n) is 23.8. The van der Waals surface area contributed by atoms with Crippen molar-refractivity contribution >= 4 is 40.8 Å². The Balaban J connectivity index is 1.44. The lowest BCUT2D eigenvalue weighted by Gasteiger charge is -2.09. The van der Waals surface area contributed by atoms with Gasteiger partial charge in [0.05, 0.1) is 25.2 Å². The second-order valence-corrected chi connectivity index (χ2v) is 9.98. The lowest BCUT2D eigenvalue weighted by molar-refractivity contribution is -0.138. The van der Waals surface area contributed by atoms with Crippen molar-refractivity contribution in [3.63, 3.8) is 0 Å². The highest BCUT2D eigenvalue weighted by atomic mass is 19.2. The van der Waals surface area contributed by atoms with Crippen molar-refractivity contribution in [2.45, 2.75) is 39.2 Å². The van der Waals surface area contributed by atoms with Crippen LogP contribution < -0.4 is 9.47 Å². The van der Waals surface area contributed by atoms with Gasteiger partial charge in [0.25, 0.3) is 0 Å². The molecule has 0 aliphatic heterocycles. The van der Waals surface area contributed by atoms with Crippen LogP contribution in [0, 0.1) is 24.4 Å². The summed E-state index contributed by atoms with van der Waals surface area (Å²) in [6.45, 7) is 1.58. The Kier molecular flexibility index (Phi) is 10.4. The number of aliphatic carboxylic acids is 2. The maximum Gasteiger partial charge on any atom is 0.323 e. The summed E-state index contributed by atoms with van der Waals surface area (Å²) in [4.78, 5) is 35.5. The van der Waals surface area contributed by atoms with Crippen LogP contribution in [0.3, 0.4) is 0 Å². The quantitative estimate of drug-likeness (QED) is 0.0855. The number of nitrogens with zero attached hydrogens (tertiary/aromatic N) is 1. The van der Waals surface area contributed by atoms with Crippen LogP contribution in [-0.4, -0.2) is 45.7 Å². The molecule has 0 saturated carbocycles. The van der Waals surface area contributed by atoms with Crippen LogP contribution in [0.25, 0.3) is 23.1 Å². The summed E-state index contributed by atoms with van der Waals surface area (Å²) < 4.78 is 54.3. The fourth-order valence-corrected chi connectivity index (χ4v) is 4.78. The van der Waals surface area contributed by atoms with Crippen molar-refractivity contribution in [1.29, 1.82) is 0 Å². The Morgan fingerprint density at radius 3 is 2.20 bits per heavy atom. The molecule has 4 rings (SSSR count). The monoisotopic (exact) mass is 609 g/mol. The highest BCUT2D eigenvalue weighted by molar-refractivity contribution is 6.12. The van der Waals surface area contributed by atoms with Crippen LogP contribution >= 0.6 is 0 Å². The smallest absolute Gasteiger partial charge is 0.323 e. The van der Waals surface area contributed by atoms with Crippen LogP contribution in [0.5, 0.6) is 11.5 Å². The van der Waals surface area contributed by atoms with E-state index in [9.17, 15) is 28.3 Å². The third kappa shape index (κ3) is 7.66. The maximum atomic E-state index is 15.1. The molecule has 230 valence electrons.